The molecule has 44 valence electrons. The molecule has 3 N–H and O–H groups in total. The molecular weight excluding hydrogens is 94.0 g/mol. The molecule has 0 aromatic rings. The van der Waals surface area contributed by atoms with Crippen LogP contribution in [0, 0.1) is 0 Å². The minimum atomic E-state index is -0.495. The van der Waals surface area contributed by atoms with E-state index in [9.17, 15) is 0 Å². The minimum Gasteiger partial charge on any atom is -0.392 e. The lowest BCUT2D eigenvalue weighted by Gasteiger charge is -2.05. The number of hydrogen-bond acceptors (Lipinski definition) is 3. The Bertz CT molecular complexity index is 40.7. The molecule has 7 heavy (non-hydrogen) atoms. The molecule has 0 spiro atoms. The molecule has 0 saturated carbocycles. The molecule has 3 nitrogen and oxygen atoms in total. The molecule has 0 aromatic heterocycles. The van der Waals surface area contributed by atoms with Crippen LogP contribution in [0.3, 0.4) is 0 Å². The molecular formula is C4H11NO2. The number of rotatable bonds is 3. The fraction of sp³-hybridized carbons (Fsp3) is 1.00. The third-order valence-electron chi connectivity index (χ3n) is 0.561. The maximum Gasteiger partial charge on any atom is 0.128 e. The highest BCUT2D eigenvalue weighted by Crippen LogP contribution is 1.76. The predicted octanol–water partition coefficient (Wildman–Crippen LogP) is -0.700. The summed E-state index contributed by atoms with van der Waals surface area (Å²) in [5, 5.41) is 8.22. The quantitative estimate of drug-likeness (QED) is 0.467. The summed E-state index contributed by atoms with van der Waals surface area (Å²) in [7, 11) is 0. The molecule has 0 fully saturated rings. The lowest BCUT2D eigenvalue weighted by atomic mass is 10.6. The Morgan fingerprint density at radius 1 is 1.86 bits per heavy atom. The average Bonchev–Trinajstić information content (AvgIpc) is 1.68. The summed E-state index contributed by atoms with van der Waals surface area (Å²) < 4.78 is 4.72. The predicted molar refractivity (Wildman–Crippen MR) is 26.7 cm³/mol. The van der Waals surface area contributed by atoms with Crippen LogP contribution in [-0.4, -0.2) is 24.5 Å². The largest absolute Gasteiger partial charge is 0.392 e. The first-order chi connectivity index (χ1) is 3.31. The van der Waals surface area contributed by atoms with Crippen molar-refractivity contribution in [2.24, 2.45) is 5.73 Å². The molecule has 0 rings (SSSR count). The fourth-order valence-electron chi connectivity index (χ4n) is 0.267. The van der Waals surface area contributed by atoms with Crippen LogP contribution in [0.5, 0.6) is 0 Å². The molecule has 0 amide bonds. The normalized spacial score (nSPS) is 14.1. The Morgan fingerprint density at radius 2 is 2.43 bits per heavy atom. The van der Waals surface area contributed by atoms with Crippen LogP contribution in [0.25, 0.3) is 0 Å². The van der Waals surface area contributed by atoms with Crippen molar-refractivity contribution in [2.75, 3.05) is 13.2 Å². The third-order valence-corrected chi connectivity index (χ3v) is 0.561. The van der Waals surface area contributed by atoms with Crippen molar-refractivity contribution < 1.29 is 9.84 Å². The van der Waals surface area contributed by atoms with Crippen LogP contribution in [-0.2, 0) is 4.74 Å². The average molecular weight is 105 g/mol. The van der Waals surface area contributed by atoms with E-state index in [-0.39, 0.29) is 6.61 Å². The minimum absolute atomic E-state index is 0.103. The fourth-order valence-corrected chi connectivity index (χ4v) is 0.267. The third kappa shape index (κ3) is 3.72. The van der Waals surface area contributed by atoms with Gasteiger partial charge in [-0.25, -0.2) is 0 Å². The molecule has 0 radical (unpaired) electrons. The Kier molecular flexibility index (Phi) is 3.98. The lowest BCUT2D eigenvalue weighted by Crippen LogP contribution is -2.27. The number of nitrogens with two attached hydrogens (primary N) is 1. The Labute approximate surface area is 43.1 Å². The van der Waals surface area contributed by atoms with Crippen molar-refractivity contribution >= 4 is 0 Å². The zero-order valence-corrected chi connectivity index (χ0v) is 4.42. The van der Waals surface area contributed by atoms with Gasteiger partial charge in [0.15, 0.2) is 0 Å². The Hall–Kier alpha value is -0.120. The van der Waals surface area contributed by atoms with Crippen LogP contribution in [0.2, 0.25) is 0 Å². The second kappa shape index (κ2) is 4.05. The van der Waals surface area contributed by atoms with Crippen molar-refractivity contribution in [1.29, 1.82) is 0 Å². The van der Waals surface area contributed by atoms with Crippen LogP contribution < -0.4 is 5.73 Å². The molecule has 0 aromatic carbocycles. The van der Waals surface area contributed by atoms with E-state index in [1.807, 2.05) is 6.92 Å². The Balaban J connectivity index is 2.83. The smallest absolute Gasteiger partial charge is 0.128 e. The summed E-state index contributed by atoms with van der Waals surface area (Å²) in [6, 6.07) is 0. The van der Waals surface area contributed by atoms with Gasteiger partial charge in [0.1, 0.15) is 6.23 Å². The highest BCUT2D eigenvalue weighted by atomic mass is 16.5. The highest BCUT2D eigenvalue weighted by Gasteiger charge is 1.93. The first-order valence-electron chi connectivity index (χ1n) is 2.29. The van der Waals surface area contributed by atoms with Crippen LogP contribution in [0.15, 0.2) is 0 Å². The number of aliphatic hydroxyl groups excluding tert-OH is 1. The van der Waals surface area contributed by atoms with Gasteiger partial charge in [-0.05, 0) is 6.92 Å². The van der Waals surface area contributed by atoms with Gasteiger partial charge in [0.25, 0.3) is 0 Å². The second-order valence-corrected chi connectivity index (χ2v) is 1.18. The van der Waals surface area contributed by atoms with Crippen LogP contribution in [0.1, 0.15) is 6.92 Å². The van der Waals surface area contributed by atoms with Crippen molar-refractivity contribution in [3.8, 4) is 0 Å². The van der Waals surface area contributed by atoms with E-state index in [0.717, 1.165) is 0 Å². The lowest BCUT2D eigenvalue weighted by molar-refractivity contribution is 0.0246. The van der Waals surface area contributed by atoms with Gasteiger partial charge < -0.3 is 15.6 Å². The topological polar surface area (TPSA) is 55.5 Å². The zero-order chi connectivity index (χ0) is 5.70. The molecule has 3 heteroatoms. The SMILES string of the molecule is CCOC(N)CO. The first-order valence-corrected chi connectivity index (χ1v) is 2.29. The number of hydrogen-bond donors (Lipinski definition) is 2. The maximum atomic E-state index is 8.22. The van der Waals surface area contributed by atoms with Crippen molar-refractivity contribution in [1.82, 2.24) is 0 Å². The van der Waals surface area contributed by atoms with E-state index in [2.05, 4.69) is 0 Å². The van der Waals surface area contributed by atoms with E-state index in [1.165, 1.54) is 0 Å². The summed E-state index contributed by atoms with van der Waals surface area (Å²) in [5.74, 6) is 0. The number of ether oxygens (including phenoxy) is 1. The summed E-state index contributed by atoms with van der Waals surface area (Å²) in [4.78, 5) is 0. The molecule has 0 heterocycles. The van der Waals surface area contributed by atoms with E-state index < -0.39 is 6.23 Å². The standard InChI is InChI=1S/C4H11NO2/c1-2-7-4(5)3-6/h4,6H,2-3,5H2,1H3. The molecule has 0 saturated heterocycles. The Morgan fingerprint density at radius 3 is 2.57 bits per heavy atom. The summed E-state index contributed by atoms with van der Waals surface area (Å²) in [5.41, 5.74) is 5.11. The van der Waals surface area contributed by atoms with Gasteiger partial charge in [0.05, 0.1) is 6.61 Å². The monoisotopic (exact) mass is 105 g/mol. The van der Waals surface area contributed by atoms with Gasteiger partial charge in [-0.3, -0.25) is 0 Å². The van der Waals surface area contributed by atoms with Crippen molar-refractivity contribution in [3.63, 3.8) is 0 Å². The van der Waals surface area contributed by atoms with Gasteiger partial charge in [-0.2, -0.15) is 0 Å². The van der Waals surface area contributed by atoms with Gasteiger partial charge in [-0.1, -0.05) is 0 Å². The van der Waals surface area contributed by atoms with Crippen molar-refractivity contribution in [2.45, 2.75) is 13.2 Å². The van der Waals surface area contributed by atoms with Crippen LogP contribution >= 0.6 is 0 Å². The maximum absolute atomic E-state index is 8.22. The van der Waals surface area contributed by atoms with Crippen LogP contribution in [0.4, 0.5) is 0 Å². The van der Waals surface area contributed by atoms with Gasteiger partial charge >= 0.3 is 0 Å². The molecule has 1 atom stereocenters. The zero-order valence-electron chi connectivity index (χ0n) is 4.42. The first kappa shape index (κ1) is 6.88. The molecule has 0 aliphatic heterocycles. The van der Waals surface area contributed by atoms with E-state index in [0.29, 0.717) is 6.61 Å². The molecule has 1 unspecified atom stereocenters. The molecule has 0 aliphatic carbocycles. The van der Waals surface area contributed by atoms with Gasteiger partial charge in [-0.15, -0.1) is 0 Å². The summed E-state index contributed by atoms with van der Waals surface area (Å²) in [6.45, 7) is 2.28. The van der Waals surface area contributed by atoms with Crippen molar-refractivity contribution in [3.05, 3.63) is 0 Å². The number of aliphatic hydroxyl groups is 1. The summed E-state index contributed by atoms with van der Waals surface area (Å²) in [6.07, 6.45) is -0.495. The second-order valence-electron chi connectivity index (χ2n) is 1.18. The molecule has 0 aliphatic rings. The van der Waals surface area contributed by atoms with Gasteiger partial charge in [0.2, 0.25) is 0 Å². The van der Waals surface area contributed by atoms with E-state index in [1.54, 1.807) is 0 Å². The van der Waals surface area contributed by atoms with E-state index in [4.69, 9.17) is 15.6 Å². The highest BCUT2D eigenvalue weighted by molar-refractivity contribution is 4.38. The summed E-state index contributed by atoms with van der Waals surface area (Å²) >= 11 is 0. The van der Waals surface area contributed by atoms with Gasteiger partial charge in [0, 0.05) is 6.61 Å². The molecule has 0 bridgehead atoms. The van der Waals surface area contributed by atoms with E-state index >= 15 is 0 Å².